The van der Waals surface area contributed by atoms with Gasteiger partial charge in [-0.05, 0) is 26.0 Å². The van der Waals surface area contributed by atoms with E-state index in [0.29, 0.717) is 10.4 Å². The highest BCUT2D eigenvalue weighted by molar-refractivity contribution is 9.08. The third-order valence-electron chi connectivity index (χ3n) is 2.66. The number of halogens is 3. The molecule has 1 aromatic carbocycles. The van der Waals surface area contributed by atoms with Gasteiger partial charge in [0.15, 0.2) is 0 Å². The Hall–Kier alpha value is -0.510. The second-order valence-electron chi connectivity index (χ2n) is 3.77. The number of hydrogen-bond acceptors (Lipinski definition) is 1. The molecule has 0 N–H and O–H groups in total. The van der Waals surface area contributed by atoms with Crippen molar-refractivity contribution < 1.29 is 0 Å². The van der Waals surface area contributed by atoms with Gasteiger partial charge in [-0.25, -0.2) is 4.68 Å². The first-order valence-corrected chi connectivity index (χ1v) is 6.99. The molecule has 1 heterocycles. The summed E-state index contributed by atoms with van der Waals surface area (Å²) in [6.45, 7) is 3.84. The number of nitrogens with zero attached hydrogens (tertiary/aromatic N) is 2. The van der Waals surface area contributed by atoms with Crippen LogP contribution in [0.1, 0.15) is 17.0 Å². The van der Waals surface area contributed by atoms with Crippen LogP contribution in [-0.4, -0.2) is 9.78 Å². The molecule has 2 nitrogen and oxygen atoms in total. The molecule has 5 heteroatoms. The second-order valence-corrected chi connectivity index (χ2v) is 5.11. The minimum atomic E-state index is 0.679. The standard InChI is InChI=1S/C12H11BrCl2N2/c1-7-12(15)8(2)17(16-7)11-5-3-4-10(14)9(11)6-13/h3-5H,6H2,1-2H3. The van der Waals surface area contributed by atoms with Gasteiger partial charge in [0.2, 0.25) is 0 Å². The molecule has 0 radical (unpaired) electrons. The van der Waals surface area contributed by atoms with E-state index in [4.69, 9.17) is 23.2 Å². The molecule has 0 atom stereocenters. The van der Waals surface area contributed by atoms with Crippen molar-refractivity contribution in [3.05, 3.63) is 45.2 Å². The van der Waals surface area contributed by atoms with Crippen molar-refractivity contribution >= 4 is 39.1 Å². The molecule has 0 saturated heterocycles. The molecule has 2 aromatic rings. The lowest BCUT2D eigenvalue weighted by atomic mass is 10.2. The zero-order valence-corrected chi connectivity index (χ0v) is 12.6. The molecule has 0 amide bonds. The summed E-state index contributed by atoms with van der Waals surface area (Å²) in [7, 11) is 0. The first kappa shape index (κ1) is 12.9. The molecule has 0 saturated carbocycles. The molecule has 0 spiro atoms. The Labute approximate surface area is 119 Å². The summed E-state index contributed by atoms with van der Waals surface area (Å²) in [6.07, 6.45) is 0. The molecule has 0 aliphatic carbocycles. The van der Waals surface area contributed by atoms with Crippen LogP contribution in [0, 0.1) is 13.8 Å². The molecule has 0 fully saturated rings. The molecule has 90 valence electrons. The highest BCUT2D eigenvalue weighted by Gasteiger charge is 2.14. The van der Waals surface area contributed by atoms with Gasteiger partial charge in [-0.1, -0.05) is 45.2 Å². The second kappa shape index (κ2) is 5.01. The van der Waals surface area contributed by atoms with E-state index >= 15 is 0 Å². The minimum Gasteiger partial charge on any atom is -0.236 e. The Kier molecular flexibility index (Phi) is 3.81. The normalized spacial score (nSPS) is 10.9. The zero-order chi connectivity index (χ0) is 12.6. The summed E-state index contributed by atoms with van der Waals surface area (Å²) in [5, 5.41) is 6.54. The van der Waals surface area contributed by atoms with Crippen LogP contribution in [0.2, 0.25) is 10.0 Å². The Morgan fingerprint density at radius 1 is 1.29 bits per heavy atom. The number of alkyl halides is 1. The summed E-state index contributed by atoms with van der Waals surface area (Å²) >= 11 is 15.8. The third-order valence-corrected chi connectivity index (χ3v) is 4.12. The van der Waals surface area contributed by atoms with Crippen molar-refractivity contribution in [3.8, 4) is 5.69 Å². The van der Waals surface area contributed by atoms with Gasteiger partial charge >= 0.3 is 0 Å². The fourth-order valence-electron chi connectivity index (χ4n) is 1.74. The number of benzene rings is 1. The summed E-state index contributed by atoms with van der Waals surface area (Å²) < 4.78 is 1.83. The average molecular weight is 334 g/mol. The van der Waals surface area contributed by atoms with Gasteiger partial charge in [-0.2, -0.15) is 5.10 Å². The van der Waals surface area contributed by atoms with Crippen molar-refractivity contribution in [2.45, 2.75) is 19.2 Å². The summed E-state index contributed by atoms with van der Waals surface area (Å²) in [4.78, 5) is 0. The van der Waals surface area contributed by atoms with Crippen molar-refractivity contribution in [1.29, 1.82) is 0 Å². The van der Waals surface area contributed by atoms with Gasteiger partial charge < -0.3 is 0 Å². The fourth-order valence-corrected chi connectivity index (χ4v) is 2.84. The quantitative estimate of drug-likeness (QED) is 0.729. The van der Waals surface area contributed by atoms with E-state index in [1.54, 1.807) is 0 Å². The summed E-state index contributed by atoms with van der Waals surface area (Å²) in [6, 6.07) is 5.77. The molecule has 1 aromatic heterocycles. The molecule has 17 heavy (non-hydrogen) atoms. The van der Waals surface area contributed by atoms with Crippen molar-refractivity contribution in [3.63, 3.8) is 0 Å². The molecule has 0 bridgehead atoms. The van der Waals surface area contributed by atoms with Gasteiger partial charge in [0.05, 0.1) is 22.1 Å². The first-order valence-electron chi connectivity index (χ1n) is 5.11. The molecule has 0 aliphatic heterocycles. The SMILES string of the molecule is Cc1nn(-c2cccc(Cl)c2CBr)c(C)c1Cl. The number of aryl methyl sites for hydroxylation is 1. The van der Waals surface area contributed by atoms with Crippen LogP contribution in [0.15, 0.2) is 18.2 Å². The lowest BCUT2D eigenvalue weighted by Gasteiger charge is -2.10. The minimum absolute atomic E-state index is 0.679. The first-order chi connectivity index (χ1) is 8.06. The van der Waals surface area contributed by atoms with Gasteiger partial charge in [-0.15, -0.1) is 0 Å². The molecule has 2 rings (SSSR count). The Balaban J connectivity index is 2.68. The highest BCUT2D eigenvalue weighted by Crippen LogP contribution is 2.29. The fraction of sp³-hybridized carbons (Fsp3) is 0.250. The van der Waals surface area contributed by atoms with Crippen LogP contribution in [0.4, 0.5) is 0 Å². The lowest BCUT2D eigenvalue weighted by molar-refractivity contribution is 0.827. The van der Waals surface area contributed by atoms with Crippen molar-refractivity contribution in [2.24, 2.45) is 0 Å². The summed E-state index contributed by atoms with van der Waals surface area (Å²) in [5.74, 6) is 0. The van der Waals surface area contributed by atoms with E-state index in [-0.39, 0.29) is 0 Å². The predicted molar refractivity (Wildman–Crippen MR) is 75.7 cm³/mol. The van der Waals surface area contributed by atoms with Crippen LogP contribution in [0.5, 0.6) is 0 Å². The zero-order valence-electron chi connectivity index (χ0n) is 9.47. The third kappa shape index (κ3) is 2.24. The predicted octanol–water partition coefficient (Wildman–Crippen LogP) is 4.69. The smallest absolute Gasteiger partial charge is 0.0848 e. The van der Waals surface area contributed by atoms with Crippen LogP contribution in [-0.2, 0) is 5.33 Å². The number of aromatic nitrogens is 2. The van der Waals surface area contributed by atoms with E-state index in [9.17, 15) is 0 Å². The Morgan fingerprint density at radius 3 is 2.53 bits per heavy atom. The topological polar surface area (TPSA) is 17.8 Å². The number of rotatable bonds is 2. The maximum absolute atomic E-state index is 6.17. The molecular formula is C12H11BrCl2N2. The van der Waals surface area contributed by atoms with Crippen molar-refractivity contribution in [2.75, 3.05) is 0 Å². The van der Waals surface area contributed by atoms with Crippen molar-refractivity contribution in [1.82, 2.24) is 9.78 Å². The van der Waals surface area contributed by atoms with E-state index in [0.717, 1.165) is 27.7 Å². The van der Waals surface area contributed by atoms with Crippen LogP contribution in [0.25, 0.3) is 5.69 Å². The highest BCUT2D eigenvalue weighted by atomic mass is 79.9. The van der Waals surface area contributed by atoms with Crippen LogP contribution in [0.3, 0.4) is 0 Å². The Bertz CT molecular complexity index is 564. The maximum atomic E-state index is 6.17. The molecule has 0 aliphatic rings. The average Bonchev–Trinajstić information content (AvgIpc) is 2.56. The van der Waals surface area contributed by atoms with E-state index < -0.39 is 0 Å². The molecular weight excluding hydrogens is 323 g/mol. The largest absolute Gasteiger partial charge is 0.236 e. The Morgan fingerprint density at radius 2 is 2.00 bits per heavy atom. The molecule has 0 unspecified atom stereocenters. The summed E-state index contributed by atoms with van der Waals surface area (Å²) in [5.41, 5.74) is 3.72. The van der Waals surface area contributed by atoms with Crippen LogP contribution >= 0.6 is 39.1 Å². The van der Waals surface area contributed by atoms with Gasteiger partial charge in [-0.3, -0.25) is 0 Å². The van der Waals surface area contributed by atoms with Gasteiger partial charge in [0.25, 0.3) is 0 Å². The lowest BCUT2D eigenvalue weighted by Crippen LogP contribution is -2.03. The number of hydrogen-bond donors (Lipinski definition) is 0. The van der Waals surface area contributed by atoms with Gasteiger partial charge in [0.1, 0.15) is 0 Å². The monoisotopic (exact) mass is 332 g/mol. The van der Waals surface area contributed by atoms with Gasteiger partial charge in [0, 0.05) is 15.9 Å². The van der Waals surface area contributed by atoms with E-state index in [1.165, 1.54) is 0 Å². The van der Waals surface area contributed by atoms with E-state index in [2.05, 4.69) is 21.0 Å². The maximum Gasteiger partial charge on any atom is 0.0848 e. The van der Waals surface area contributed by atoms with E-state index in [1.807, 2.05) is 36.7 Å². The van der Waals surface area contributed by atoms with Crippen LogP contribution < -0.4 is 0 Å².